The molecule has 0 unspecified atom stereocenters. The molecule has 42 heavy (non-hydrogen) atoms. The van der Waals surface area contributed by atoms with Crippen LogP contribution in [0.5, 0.6) is 0 Å². The van der Waals surface area contributed by atoms with Crippen LogP contribution in [0.1, 0.15) is 94.5 Å². The number of hydrogen-bond acceptors (Lipinski definition) is 3. The molecule has 2 aromatic carbocycles. The third kappa shape index (κ3) is 16.6. The molecule has 4 nitrogen and oxygen atoms in total. The van der Waals surface area contributed by atoms with E-state index < -0.39 is 0 Å². The number of benzene rings is 2. The van der Waals surface area contributed by atoms with Crippen molar-refractivity contribution < 1.29 is 49.2 Å². The average Bonchev–Trinajstić information content (AvgIpc) is 2.91. The summed E-state index contributed by atoms with van der Waals surface area (Å²) in [7, 11) is 3.53. The molecular weight excluding hydrogens is 695 g/mol. The Hall–Kier alpha value is -0.473. The maximum absolute atomic E-state index is 8.53. The monoisotopic (exact) mass is 764 g/mol. The summed E-state index contributed by atoms with van der Waals surface area (Å²) in [4.78, 5) is 0. The van der Waals surface area contributed by atoms with Crippen LogP contribution in [0.3, 0.4) is 0 Å². The van der Waals surface area contributed by atoms with Crippen LogP contribution in [-0.2, 0) is 39.0 Å². The zero-order chi connectivity index (χ0) is 30.8. The standard InChI is InChI=1S/2C12H18.C5H13NO.C5H12NO.2CH3.2Ru.H/c2*1-7-8(2)10(4)12(6)11(5)9(7)3;2*1-5(2,4-7)6-3;;;;;/h2*1-6H3;6-7H,4H2,1-3H3;7H,4H2,1-3H3;2*1H3;;;/q;;;3*-1;2*+2;. The van der Waals surface area contributed by atoms with Crippen LogP contribution in [0.4, 0.5) is 0 Å². The van der Waals surface area contributed by atoms with Crippen molar-refractivity contribution in [1.82, 2.24) is 5.32 Å². The maximum atomic E-state index is 8.53. The molecule has 0 spiro atoms. The van der Waals surface area contributed by atoms with E-state index in [1.165, 1.54) is 66.8 Å². The minimum atomic E-state index is -0.236. The molecule has 0 fully saturated rings. The van der Waals surface area contributed by atoms with E-state index in [2.05, 4.69) is 93.7 Å². The molecule has 0 aliphatic carbocycles. The van der Waals surface area contributed by atoms with Gasteiger partial charge in [0, 0.05) is 12.1 Å². The third-order valence-electron chi connectivity index (χ3n) is 8.81. The van der Waals surface area contributed by atoms with E-state index in [0.29, 0.717) is 0 Å². The van der Waals surface area contributed by atoms with Crippen molar-refractivity contribution in [1.29, 1.82) is 0 Å². The van der Waals surface area contributed by atoms with E-state index in [0.717, 1.165) is 0 Å². The molecule has 0 aromatic heterocycles. The molecule has 0 bridgehead atoms. The summed E-state index contributed by atoms with van der Waals surface area (Å²) in [5, 5.41) is 23.9. The summed E-state index contributed by atoms with van der Waals surface area (Å²) in [6.07, 6.45) is 0. The SMILES string of the molecule is CNC(C)(C)CO.C[N-]C(C)(C)CO.Cc1c(C)c(C)c(C)c(C)c1C.Cc1c(C)c(C)c(C)c(C)c1C.[CH3-].[CH3-].[Ru+2].[RuH+2]. The van der Waals surface area contributed by atoms with Crippen LogP contribution in [0.25, 0.3) is 5.32 Å². The Bertz CT molecular complexity index is 740. The van der Waals surface area contributed by atoms with Crippen LogP contribution in [0.2, 0.25) is 0 Å². The Labute approximate surface area is 289 Å². The summed E-state index contributed by atoms with van der Waals surface area (Å²) in [6, 6.07) is 0. The van der Waals surface area contributed by atoms with Gasteiger partial charge in [0.25, 0.3) is 0 Å². The Morgan fingerprint density at radius 1 is 0.500 bits per heavy atom. The number of nitrogens with one attached hydrogen (secondary N) is 1. The van der Waals surface area contributed by atoms with Gasteiger partial charge < -0.3 is 35.7 Å². The van der Waals surface area contributed by atoms with E-state index in [4.69, 9.17) is 10.2 Å². The number of nitrogens with zero attached hydrogens (tertiary/aromatic N) is 1. The summed E-state index contributed by atoms with van der Waals surface area (Å²) in [5.41, 5.74) is 17.1. The Balaban J connectivity index is -0.000000103. The second-order valence-electron chi connectivity index (χ2n) is 12.0. The van der Waals surface area contributed by atoms with Gasteiger partial charge in [0.05, 0.1) is 6.61 Å². The average molecular weight is 763 g/mol. The first-order valence-electron chi connectivity index (χ1n) is 13.8. The predicted molar refractivity (Wildman–Crippen MR) is 185 cm³/mol. The molecule has 0 atom stereocenters. The van der Waals surface area contributed by atoms with Gasteiger partial charge >= 0.3 is 39.0 Å². The van der Waals surface area contributed by atoms with Gasteiger partial charge in [-0.2, -0.15) is 7.05 Å². The second-order valence-corrected chi connectivity index (χ2v) is 12.0. The van der Waals surface area contributed by atoms with Crippen LogP contribution in [-0.4, -0.2) is 48.6 Å². The molecule has 0 aliphatic heterocycles. The van der Waals surface area contributed by atoms with Gasteiger partial charge in [-0.3, -0.25) is 0 Å². The number of likely N-dealkylation sites (N-methyl/N-ethyl adjacent to an activating group) is 2. The zero-order valence-corrected chi connectivity index (χ0v) is 34.6. The Morgan fingerprint density at radius 3 is 0.690 bits per heavy atom. The zero-order valence-electron chi connectivity index (χ0n) is 31.0. The van der Waals surface area contributed by atoms with E-state index in [9.17, 15) is 0 Å². The summed E-state index contributed by atoms with van der Waals surface area (Å²) >= 11 is 0. The van der Waals surface area contributed by atoms with Gasteiger partial charge in [-0.15, -0.1) is 5.54 Å². The van der Waals surface area contributed by atoms with Gasteiger partial charge in [-0.25, -0.2) is 0 Å². The fraction of sp³-hybridized carbons (Fsp3) is 0.611. The fourth-order valence-electron chi connectivity index (χ4n) is 3.52. The third-order valence-corrected chi connectivity index (χ3v) is 8.81. The fourth-order valence-corrected chi connectivity index (χ4v) is 3.52. The normalized spacial score (nSPS) is 10.0. The van der Waals surface area contributed by atoms with E-state index in [1.54, 1.807) is 7.05 Å². The molecule has 3 N–H and O–H groups in total. The topological polar surface area (TPSA) is 66.6 Å². The molecule has 2 rings (SSSR count). The van der Waals surface area contributed by atoms with E-state index >= 15 is 0 Å². The van der Waals surface area contributed by atoms with Gasteiger partial charge in [0.15, 0.2) is 0 Å². The van der Waals surface area contributed by atoms with Crippen LogP contribution in [0.15, 0.2) is 0 Å². The summed E-state index contributed by atoms with van der Waals surface area (Å²) < 4.78 is 0. The molecule has 0 aliphatic rings. The van der Waals surface area contributed by atoms with Crippen molar-refractivity contribution >= 4 is 0 Å². The van der Waals surface area contributed by atoms with Crippen LogP contribution < -0.4 is 5.32 Å². The molecule has 6 heteroatoms. The number of hydrogen-bond donors (Lipinski definition) is 3. The second kappa shape index (κ2) is 23.8. The van der Waals surface area contributed by atoms with Crippen molar-refractivity contribution in [2.45, 2.75) is 122 Å². The molecular formula is C36H68N2O2Ru2+. The van der Waals surface area contributed by atoms with E-state index in [-0.39, 0.29) is 78.1 Å². The summed E-state index contributed by atoms with van der Waals surface area (Å²) in [5.74, 6) is 0. The molecule has 0 amide bonds. The molecule has 0 saturated heterocycles. The number of rotatable bonds is 4. The summed E-state index contributed by atoms with van der Waals surface area (Å²) in [6.45, 7) is 34.5. The van der Waals surface area contributed by atoms with Gasteiger partial charge in [-0.05, 0) is 171 Å². The Morgan fingerprint density at radius 2 is 0.667 bits per heavy atom. The predicted octanol–water partition coefficient (Wildman–Crippen LogP) is 8.44. The first-order chi connectivity index (χ1) is 17.2. The van der Waals surface area contributed by atoms with Gasteiger partial charge in [0.2, 0.25) is 0 Å². The minimum absolute atomic E-state index is 0. The first kappa shape index (κ1) is 54.0. The van der Waals surface area contributed by atoms with Crippen molar-refractivity contribution in [2.24, 2.45) is 0 Å². The van der Waals surface area contributed by atoms with Crippen molar-refractivity contribution in [3.63, 3.8) is 0 Å². The number of aliphatic hydroxyl groups is 2. The number of aliphatic hydroxyl groups excluding tert-OH is 2. The quantitative estimate of drug-likeness (QED) is 0.217. The van der Waals surface area contributed by atoms with Crippen LogP contribution >= 0.6 is 0 Å². The van der Waals surface area contributed by atoms with Gasteiger partial charge in [0.1, 0.15) is 0 Å². The van der Waals surface area contributed by atoms with Crippen LogP contribution in [0, 0.1) is 97.9 Å². The van der Waals surface area contributed by atoms with Gasteiger partial charge in [-0.1, -0.05) is 13.8 Å². The molecule has 249 valence electrons. The van der Waals surface area contributed by atoms with Crippen molar-refractivity contribution in [3.05, 3.63) is 86.9 Å². The van der Waals surface area contributed by atoms with Crippen molar-refractivity contribution in [2.75, 3.05) is 27.3 Å². The van der Waals surface area contributed by atoms with E-state index in [1.807, 2.05) is 34.7 Å². The van der Waals surface area contributed by atoms with Crippen molar-refractivity contribution in [3.8, 4) is 0 Å². The molecule has 0 saturated carbocycles. The Kier molecular flexibility index (Phi) is 30.7. The molecule has 0 heterocycles. The molecule has 2 aromatic rings. The molecule has 0 radical (unpaired) electrons. The first-order valence-corrected chi connectivity index (χ1v) is 13.8.